The van der Waals surface area contributed by atoms with E-state index in [0.29, 0.717) is 29.5 Å². The number of amides is 1. The van der Waals surface area contributed by atoms with Crippen molar-refractivity contribution >= 4 is 23.6 Å². The van der Waals surface area contributed by atoms with E-state index in [1.165, 1.54) is 11.8 Å². The maximum absolute atomic E-state index is 12.3. The highest BCUT2D eigenvalue weighted by molar-refractivity contribution is 7.99. The molecular weight excluding hydrogens is 328 g/mol. The topological polar surface area (TPSA) is 92.4 Å². The molecule has 2 aromatic rings. The summed E-state index contributed by atoms with van der Waals surface area (Å²) in [6.07, 6.45) is 0.438. The zero-order valence-corrected chi connectivity index (χ0v) is 14.1. The largest absolute Gasteiger partial charge is 0.479 e. The van der Waals surface area contributed by atoms with Crippen LogP contribution in [-0.4, -0.2) is 39.0 Å². The highest BCUT2D eigenvalue weighted by Gasteiger charge is 2.43. The van der Waals surface area contributed by atoms with Gasteiger partial charge in [0.2, 0.25) is 11.8 Å². The highest BCUT2D eigenvalue weighted by atomic mass is 32.2. The number of carboxylic acids is 1. The molecule has 24 heavy (non-hydrogen) atoms. The number of carbonyl (C=O) groups is 2. The molecule has 0 aliphatic carbocycles. The summed E-state index contributed by atoms with van der Waals surface area (Å²) in [4.78, 5) is 28.2. The number of thioether (sulfide) groups is 1. The monoisotopic (exact) mass is 346 g/mol. The van der Waals surface area contributed by atoms with Crippen molar-refractivity contribution in [2.45, 2.75) is 25.3 Å². The predicted molar refractivity (Wildman–Crippen MR) is 90.8 cm³/mol. The van der Waals surface area contributed by atoms with E-state index >= 15 is 0 Å². The number of nitrogens with one attached hydrogen (secondary N) is 1. The number of aryl methyl sites for hydroxylation is 1. The van der Waals surface area contributed by atoms with Gasteiger partial charge in [0, 0.05) is 11.3 Å². The molecule has 0 saturated carbocycles. The van der Waals surface area contributed by atoms with E-state index in [1.54, 1.807) is 6.92 Å². The molecule has 2 heterocycles. The van der Waals surface area contributed by atoms with E-state index in [0.717, 1.165) is 11.3 Å². The van der Waals surface area contributed by atoms with Crippen molar-refractivity contribution in [1.82, 2.24) is 10.3 Å². The molecule has 0 spiro atoms. The molecule has 1 fully saturated rings. The van der Waals surface area contributed by atoms with Crippen LogP contribution < -0.4 is 5.32 Å². The minimum atomic E-state index is -1.17. The van der Waals surface area contributed by atoms with Crippen LogP contribution in [0.4, 0.5) is 0 Å². The second-order valence-electron chi connectivity index (χ2n) is 5.80. The molecule has 126 valence electrons. The van der Waals surface area contributed by atoms with Gasteiger partial charge in [-0.15, -0.1) is 0 Å². The Morgan fingerprint density at radius 3 is 2.75 bits per heavy atom. The quantitative estimate of drug-likeness (QED) is 0.863. The van der Waals surface area contributed by atoms with Gasteiger partial charge in [0.15, 0.2) is 0 Å². The Morgan fingerprint density at radius 1 is 1.38 bits per heavy atom. The number of nitrogens with zero attached hydrogens (tertiary/aromatic N) is 1. The second kappa shape index (κ2) is 6.68. The van der Waals surface area contributed by atoms with Crippen LogP contribution >= 0.6 is 11.8 Å². The number of carbonyl (C=O) groups excluding carboxylic acids is 1. The van der Waals surface area contributed by atoms with Crippen molar-refractivity contribution < 1.29 is 19.1 Å². The number of hydrogen-bond acceptors (Lipinski definition) is 5. The van der Waals surface area contributed by atoms with Crippen LogP contribution in [0.15, 0.2) is 34.7 Å². The molecule has 2 N–H and O–H groups in total. The van der Waals surface area contributed by atoms with Gasteiger partial charge >= 0.3 is 5.97 Å². The molecule has 7 heteroatoms. The summed E-state index contributed by atoms with van der Waals surface area (Å²) in [7, 11) is 0. The normalized spacial score (nSPS) is 20.0. The van der Waals surface area contributed by atoms with Gasteiger partial charge in [-0.2, -0.15) is 11.8 Å². The SMILES string of the molecule is Cc1oc(-c2ccccc2)nc1CC(=O)NC1(C(=O)O)CCSC1. The Kier molecular flexibility index (Phi) is 4.62. The van der Waals surface area contributed by atoms with Crippen molar-refractivity contribution in [2.24, 2.45) is 0 Å². The van der Waals surface area contributed by atoms with E-state index in [9.17, 15) is 14.7 Å². The first-order valence-electron chi connectivity index (χ1n) is 7.64. The number of rotatable bonds is 5. The van der Waals surface area contributed by atoms with Crippen molar-refractivity contribution in [3.05, 3.63) is 41.8 Å². The van der Waals surface area contributed by atoms with Crippen molar-refractivity contribution in [3.8, 4) is 11.5 Å². The van der Waals surface area contributed by atoms with E-state index in [1.807, 2.05) is 30.3 Å². The number of oxazole rings is 1. The Balaban J connectivity index is 1.73. The Morgan fingerprint density at radius 2 is 2.12 bits per heavy atom. The number of carboxylic acid groups (broad SMARTS) is 1. The lowest BCUT2D eigenvalue weighted by Crippen LogP contribution is -2.55. The van der Waals surface area contributed by atoms with Crippen LogP contribution in [0.5, 0.6) is 0 Å². The molecule has 1 saturated heterocycles. The van der Waals surface area contributed by atoms with E-state index in [-0.39, 0.29) is 12.3 Å². The molecule has 1 atom stereocenters. The Hall–Kier alpha value is -2.28. The van der Waals surface area contributed by atoms with Gasteiger partial charge in [-0.3, -0.25) is 4.79 Å². The summed E-state index contributed by atoms with van der Waals surface area (Å²) in [6, 6.07) is 9.43. The lowest BCUT2D eigenvalue weighted by Gasteiger charge is -2.24. The maximum atomic E-state index is 12.3. The first-order valence-corrected chi connectivity index (χ1v) is 8.79. The predicted octanol–water partition coefficient (Wildman–Crippen LogP) is 2.27. The third-order valence-corrected chi connectivity index (χ3v) is 5.24. The average molecular weight is 346 g/mol. The molecule has 0 radical (unpaired) electrons. The van der Waals surface area contributed by atoms with E-state index in [2.05, 4.69) is 10.3 Å². The first-order chi connectivity index (χ1) is 11.5. The van der Waals surface area contributed by atoms with E-state index in [4.69, 9.17) is 4.42 Å². The lowest BCUT2D eigenvalue weighted by molar-refractivity contribution is -0.146. The molecule has 1 amide bonds. The standard InChI is InChI=1S/C17H18N2O4S/c1-11-13(18-15(23-11)12-5-3-2-4-6-12)9-14(20)19-17(16(21)22)7-8-24-10-17/h2-6H,7-10H2,1H3,(H,19,20)(H,21,22). The van der Waals surface area contributed by atoms with Gasteiger partial charge in [-0.25, -0.2) is 9.78 Å². The van der Waals surface area contributed by atoms with Gasteiger partial charge in [0.1, 0.15) is 11.3 Å². The average Bonchev–Trinajstić information content (AvgIpc) is 3.17. The molecule has 1 aromatic heterocycles. The Labute approximate surface area is 143 Å². The molecule has 1 unspecified atom stereocenters. The third-order valence-electron chi connectivity index (χ3n) is 4.05. The van der Waals surface area contributed by atoms with Crippen LogP contribution in [0.25, 0.3) is 11.5 Å². The van der Waals surface area contributed by atoms with E-state index < -0.39 is 11.5 Å². The van der Waals surface area contributed by atoms with Crippen LogP contribution in [0.3, 0.4) is 0 Å². The van der Waals surface area contributed by atoms with Gasteiger partial charge in [-0.05, 0) is 31.2 Å². The van der Waals surface area contributed by atoms with Crippen molar-refractivity contribution in [1.29, 1.82) is 0 Å². The van der Waals surface area contributed by atoms with Crippen molar-refractivity contribution in [2.75, 3.05) is 11.5 Å². The van der Waals surface area contributed by atoms with Crippen LogP contribution in [0.1, 0.15) is 17.9 Å². The number of hydrogen-bond donors (Lipinski definition) is 2. The summed E-state index contributed by atoms with van der Waals surface area (Å²) >= 11 is 1.53. The van der Waals surface area contributed by atoms with Gasteiger partial charge in [0.05, 0.1) is 12.1 Å². The fourth-order valence-corrected chi connectivity index (χ4v) is 3.97. The van der Waals surface area contributed by atoms with Crippen LogP contribution in [-0.2, 0) is 16.0 Å². The third kappa shape index (κ3) is 3.31. The van der Waals surface area contributed by atoms with Crippen LogP contribution in [0, 0.1) is 6.92 Å². The van der Waals surface area contributed by atoms with Gasteiger partial charge < -0.3 is 14.8 Å². The Bertz CT molecular complexity index is 751. The summed E-state index contributed by atoms with van der Waals surface area (Å²) in [5, 5.41) is 12.1. The lowest BCUT2D eigenvalue weighted by atomic mass is 9.99. The second-order valence-corrected chi connectivity index (χ2v) is 6.91. The molecule has 1 aromatic carbocycles. The molecule has 1 aliphatic rings. The van der Waals surface area contributed by atoms with Crippen LogP contribution in [0.2, 0.25) is 0 Å². The number of aliphatic carboxylic acids is 1. The minimum Gasteiger partial charge on any atom is -0.479 e. The molecule has 0 bridgehead atoms. The smallest absolute Gasteiger partial charge is 0.330 e. The molecule has 1 aliphatic heterocycles. The van der Waals surface area contributed by atoms with Crippen molar-refractivity contribution in [3.63, 3.8) is 0 Å². The first kappa shape index (κ1) is 16.6. The van der Waals surface area contributed by atoms with Gasteiger partial charge in [0.25, 0.3) is 0 Å². The molecular formula is C17H18N2O4S. The minimum absolute atomic E-state index is 0.00185. The summed E-state index contributed by atoms with van der Waals surface area (Å²) < 4.78 is 5.63. The maximum Gasteiger partial charge on any atom is 0.330 e. The summed E-state index contributed by atoms with van der Waals surface area (Å²) in [5.41, 5.74) is 0.195. The highest BCUT2D eigenvalue weighted by Crippen LogP contribution is 2.28. The number of benzene rings is 1. The summed E-state index contributed by atoms with van der Waals surface area (Å²) in [5.74, 6) is 0.808. The number of aromatic nitrogens is 1. The zero-order valence-electron chi connectivity index (χ0n) is 13.2. The molecule has 6 nitrogen and oxygen atoms in total. The zero-order chi connectivity index (χ0) is 17.2. The molecule has 3 rings (SSSR count). The van der Waals surface area contributed by atoms with Gasteiger partial charge in [-0.1, -0.05) is 18.2 Å². The fourth-order valence-electron chi connectivity index (χ4n) is 2.65. The summed E-state index contributed by atoms with van der Waals surface area (Å²) in [6.45, 7) is 1.75. The fraction of sp³-hybridized carbons (Fsp3) is 0.353.